The van der Waals surface area contributed by atoms with E-state index in [1.807, 2.05) is 68.4 Å². The maximum absolute atomic E-state index is 11.6. The highest BCUT2D eigenvalue weighted by atomic mass is 16.6. The fourth-order valence-corrected chi connectivity index (χ4v) is 3.75. The van der Waals surface area contributed by atoms with Crippen LogP contribution in [-0.2, 0) is 27.6 Å². The maximum atomic E-state index is 11.6. The molecule has 0 saturated heterocycles. The third-order valence-corrected chi connectivity index (χ3v) is 5.79. The van der Waals surface area contributed by atoms with Crippen molar-refractivity contribution in [2.24, 2.45) is 5.16 Å². The number of aryl methyl sites for hydroxylation is 1. The summed E-state index contributed by atoms with van der Waals surface area (Å²) in [7, 11) is 0. The number of unbranched alkanes of at least 4 members (excludes halogenated alkanes) is 1. The third-order valence-electron chi connectivity index (χ3n) is 5.79. The van der Waals surface area contributed by atoms with E-state index in [1.165, 1.54) is 0 Å². The predicted molar refractivity (Wildman–Crippen MR) is 143 cm³/mol. The topological polar surface area (TPSA) is 96.3 Å². The molecule has 0 aliphatic heterocycles. The average molecular weight is 517 g/mol. The summed E-state index contributed by atoms with van der Waals surface area (Å²) in [6, 6.07) is 21.2. The van der Waals surface area contributed by atoms with Gasteiger partial charge in [-0.05, 0) is 68.5 Å². The average Bonchev–Trinajstić information content (AvgIpc) is 3.60. The molecule has 4 rings (SSSR count). The summed E-state index contributed by atoms with van der Waals surface area (Å²) in [6.07, 6.45) is 4.25. The number of hydrogen-bond acceptors (Lipinski definition) is 8. The predicted octanol–water partition coefficient (Wildman–Crippen LogP) is 6.87. The molecule has 0 saturated carbocycles. The highest BCUT2D eigenvalue weighted by Crippen LogP contribution is 2.23. The van der Waals surface area contributed by atoms with Gasteiger partial charge in [0.1, 0.15) is 30.4 Å². The van der Waals surface area contributed by atoms with Gasteiger partial charge in [0.15, 0.2) is 5.76 Å². The van der Waals surface area contributed by atoms with Crippen molar-refractivity contribution in [2.45, 2.75) is 52.7 Å². The van der Waals surface area contributed by atoms with E-state index in [-0.39, 0.29) is 12.6 Å². The van der Waals surface area contributed by atoms with Crippen LogP contribution in [0.5, 0.6) is 5.75 Å². The van der Waals surface area contributed by atoms with E-state index in [2.05, 4.69) is 10.1 Å². The van der Waals surface area contributed by atoms with Crippen molar-refractivity contribution in [1.82, 2.24) is 4.98 Å². The van der Waals surface area contributed by atoms with Gasteiger partial charge in [-0.15, -0.1) is 0 Å². The molecule has 2 aromatic heterocycles. The van der Waals surface area contributed by atoms with Crippen LogP contribution in [0.2, 0.25) is 0 Å². The van der Waals surface area contributed by atoms with Gasteiger partial charge in [0.2, 0.25) is 0 Å². The molecular formula is C30H32N2O6. The van der Waals surface area contributed by atoms with Crippen LogP contribution >= 0.6 is 0 Å². The molecule has 0 bridgehead atoms. The monoisotopic (exact) mass is 516 g/mol. The molecule has 0 atom stereocenters. The van der Waals surface area contributed by atoms with Crippen LogP contribution in [-0.4, -0.2) is 23.3 Å². The summed E-state index contributed by atoms with van der Waals surface area (Å²) < 4.78 is 21.9. The summed E-state index contributed by atoms with van der Waals surface area (Å²) in [5.41, 5.74) is 3.54. The highest BCUT2D eigenvalue weighted by molar-refractivity contribution is 6.00. The number of nitrogens with zero attached hydrogens (tertiary/aromatic N) is 2. The Balaban J connectivity index is 1.28. The van der Waals surface area contributed by atoms with Crippen LogP contribution in [0.4, 0.5) is 0 Å². The molecule has 38 heavy (non-hydrogen) atoms. The molecule has 198 valence electrons. The molecule has 0 N–H and O–H groups in total. The van der Waals surface area contributed by atoms with E-state index >= 15 is 0 Å². The second-order valence-corrected chi connectivity index (χ2v) is 8.62. The minimum atomic E-state index is -0.163. The molecule has 0 aliphatic carbocycles. The van der Waals surface area contributed by atoms with Crippen LogP contribution in [0.3, 0.4) is 0 Å². The van der Waals surface area contributed by atoms with Crippen LogP contribution in [0.15, 0.2) is 87.0 Å². The van der Waals surface area contributed by atoms with Crippen molar-refractivity contribution in [3.8, 4) is 17.4 Å². The Kier molecular flexibility index (Phi) is 9.73. The van der Waals surface area contributed by atoms with Gasteiger partial charge < -0.3 is 23.1 Å². The van der Waals surface area contributed by atoms with E-state index < -0.39 is 0 Å². The van der Waals surface area contributed by atoms with Crippen LogP contribution in [0.1, 0.15) is 55.2 Å². The van der Waals surface area contributed by atoms with Gasteiger partial charge in [0.25, 0.3) is 5.89 Å². The molecule has 2 aromatic carbocycles. The normalized spacial score (nSPS) is 11.4. The van der Waals surface area contributed by atoms with Gasteiger partial charge >= 0.3 is 5.97 Å². The Morgan fingerprint density at radius 2 is 1.74 bits per heavy atom. The summed E-state index contributed by atoms with van der Waals surface area (Å²) in [4.78, 5) is 21.8. The largest absolute Gasteiger partial charge is 0.487 e. The van der Waals surface area contributed by atoms with Crippen molar-refractivity contribution in [3.63, 3.8) is 0 Å². The van der Waals surface area contributed by atoms with Gasteiger partial charge in [-0.3, -0.25) is 4.79 Å². The lowest BCUT2D eigenvalue weighted by molar-refractivity contribution is -0.143. The van der Waals surface area contributed by atoms with Crippen molar-refractivity contribution in [3.05, 3.63) is 95.6 Å². The van der Waals surface area contributed by atoms with E-state index in [4.69, 9.17) is 23.1 Å². The lowest BCUT2D eigenvalue weighted by atomic mass is 10.0. The van der Waals surface area contributed by atoms with Gasteiger partial charge in [-0.1, -0.05) is 47.6 Å². The number of hydrogen-bond donors (Lipinski definition) is 0. The van der Waals surface area contributed by atoms with Gasteiger partial charge in [0.05, 0.1) is 18.6 Å². The van der Waals surface area contributed by atoms with Crippen molar-refractivity contribution < 1.29 is 27.9 Å². The first-order valence-electron chi connectivity index (χ1n) is 12.7. The smallest absolute Gasteiger partial charge is 0.305 e. The van der Waals surface area contributed by atoms with Gasteiger partial charge in [-0.25, -0.2) is 4.98 Å². The summed E-state index contributed by atoms with van der Waals surface area (Å²) in [5, 5.41) is 4.42. The molecule has 8 heteroatoms. The Hall–Kier alpha value is -4.33. The number of carbonyl (C=O) groups is 1. The molecule has 0 spiro atoms. The SMILES string of the molecule is CCOC(=O)CCCC/C(=N/OCc1ccc(OCc2nc(-c3ccco3)oc2C)cc1)c1ccccc1. The molecular weight excluding hydrogens is 484 g/mol. The van der Waals surface area contributed by atoms with Crippen molar-refractivity contribution in [2.75, 3.05) is 6.61 Å². The fourth-order valence-electron chi connectivity index (χ4n) is 3.75. The lowest BCUT2D eigenvalue weighted by Crippen LogP contribution is -2.05. The van der Waals surface area contributed by atoms with Gasteiger partial charge in [0, 0.05) is 6.42 Å². The molecule has 2 heterocycles. The van der Waals surface area contributed by atoms with Gasteiger partial charge in [-0.2, -0.15) is 0 Å². The molecule has 0 fully saturated rings. The van der Waals surface area contributed by atoms with E-state index in [1.54, 1.807) is 18.4 Å². The minimum absolute atomic E-state index is 0.163. The summed E-state index contributed by atoms with van der Waals surface area (Å²) in [6.45, 7) is 4.68. The molecule has 0 aliphatic rings. The first-order valence-corrected chi connectivity index (χ1v) is 12.7. The number of carbonyl (C=O) groups excluding carboxylic acids is 1. The Labute approximate surface area is 222 Å². The third kappa shape index (κ3) is 7.83. The second kappa shape index (κ2) is 13.8. The van der Waals surface area contributed by atoms with Crippen molar-refractivity contribution in [1.29, 1.82) is 0 Å². The Bertz CT molecular complexity index is 1290. The number of oxime groups is 1. The zero-order chi connectivity index (χ0) is 26.6. The zero-order valence-electron chi connectivity index (χ0n) is 21.7. The minimum Gasteiger partial charge on any atom is -0.487 e. The summed E-state index contributed by atoms with van der Waals surface area (Å²) in [5.74, 6) is 2.26. The fraction of sp³-hybridized carbons (Fsp3) is 0.300. The number of oxazole rings is 1. The quantitative estimate of drug-likeness (QED) is 0.0781. The zero-order valence-corrected chi connectivity index (χ0v) is 21.7. The highest BCUT2D eigenvalue weighted by Gasteiger charge is 2.14. The second-order valence-electron chi connectivity index (χ2n) is 8.62. The molecule has 0 amide bonds. The molecule has 0 radical (unpaired) electrons. The number of rotatable bonds is 14. The maximum Gasteiger partial charge on any atom is 0.305 e. The van der Waals surface area contributed by atoms with Crippen LogP contribution in [0, 0.1) is 6.92 Å². The lowest BCUT2D eigenvalue weighted by Gasteiger charge is -2.08. The number of ether oxygens (including phenoxy) is 2. The number of furan rings is 1. The number of esters is 1. The van der Waals surface area contributed by atoms with Crippen LogP contribution in [0.25, 0.3) is 11.7 Å². The Morgan fingerprint density at radius 1 is 0.947 bits per heavy atom. The van der Waals surface area contributed by atoms with Crippen molar-refractivity contribution >= 4 is 11.7 Å². The number of aromatic nitrogens is 1. The van der Waals surface area contributed by atoms with E-state index in [0.717, 1.165) is 29.7 Å². The molecule has 4 aromatic rings. The standard InChI is InChI=1S/C30H32N2O6/c1-3-34-29(33)14-8-7-12-26(24-10-5-4-6-11-24)32-37-20-23-15-17-25(18-16-23)36-21-27-22(2)38-30(31-27)28-13-9-19-35-28/h4-6,9-11,13,15-19H,3,7-8,12,14,20-21H2,1-2H3/b32-26-. The van der Waals surface area contributed by atoms with E-state index in [0.29, 0.717) is 54.9 Å². The Morgan fingerprint density at radius 3 is 2.47 bits per heavy atom. The first kappa shape index (κ1) is 26.7. The van der Waals surface area contributed by atoms with E-state index in [9.17, 15) is 4.79 Å². The molecule has 8 nitrogen and oxygen atoms in total. The summed E-state index contributed by atoms with van der Waals surface area (Å²) >= 11 is 0. The molecule has 0 unspecified atom stereocenters. The van der Waals surface area contributed by atoms with Crippen LogP contribution < -0.4 is 4.74 Å². The first-order chi connectivity index (χ1) is 18.6. The number of benzene rings is 2.